The zero-order valence-electron chi connectivity index (χ0n) is 9.49. The number of aromatic nitrogens is 4. The Morgan fingerprint density at radius 2 is 2.06 bits per heavy atom. The lowest BCUT2D eigenvalue weighted by Gasteiger charge is -2.00. The van der Waals surface area contributed by atoms with Gasteiger partial charge >= 0.3 is 0 Å². The molecular weight excluding hydrogens is 266 g/mol. The second-order valence-electron chi connectivity index (χ2n) is 3.62. The van der Waals surface area contributed by atoms with Crippen molar-refractivity contribution >= 4 is 28.5 Å². The van der Waals surface area contributed by atoms with Crippen LogP contribution < -0.4 is 5.73 Å². The summed E-state index contributed by atoms with van der Waals surface area (Å²) in [6, 6.07) is 0. The Kier molecular flexibility index (Phi) is 2.77. The van der Waals surface area contributed by atoms with E-state index in [1.807, 2.05) is 12.3 Å². The van der Waals surface area contributed by atoms with Crippen LogP contribution in [0.2, 0.25) is 0 Å². The number of nitrogen functional groups attached to an aromatic ring is 1. The number of hydrogen-bond acceptors (Lipinski definition) is 7. The van der Waals surface area contributed by atoms with Crippen LogP contribution in [0.5, 0.6) is 0 Å². The van der Waals surface area contributed by atoms with Gasteiger partial charge in [0.1, 0.15) is 16.6 Å². The van der Waals surface area contributed by atoms with Crippen LogP contribution in [0.25, 0.3) is 21.1 Å². The fourth-order valence-corrected chi connectivity index (χ4v) is 3.00. The summed E-state index contributed by atoms with van der Waals surface area (Å²) in [6.07, 6.45) is 3.52. The van der Waals surface area contributed by atoms with Crippen molar-refractivity contribution in [3.05, 3.63) is 29.1 Å². The highest BCUT2D eigenvalue weighted by atomic mass is 32.1. The Morgan fingerprint density at radius 1 is 1.17 bits per heavy atom. The minimum absolute atomic E-state index is 0.465. The summed E-state index contributed by atoms with van der Waals surface area (Å²) >= 11 is 3.09. The molecule has 3 heterocycles. The molecule has 7 heteroatoms. The van der Waals surface area contributed by atoms with Gasteiger partial charge in [-0.25, -0.2) is 15.0 Å². The topological polar surface area (TPSA) is 77.6 Å². The van der Waals surface area contributed by atoms with Gasteiger partial charge in [-0.2, -0.15) is 0 Å². The van der Waals surface area contributed by atoms with Crippen LogP contribution in [0, 0.1) is 6.92 Å². The molecule has 0 aliphatic carbocycles. The van der Waals surface area contributed by atoms with Gasteiger partial charge in [-0.15, -0.1) is 22.7 Å². The molecule has 0 aliphatic heterocycles. The maximum atomic E-state index is 5.89. The molecule has 18 heavy (non-hydrogen) atoms. The van der Waals surface area contributed by atoms with E-state index in [1.165, 1.54) is 11.3 Å². The van der Waals surface area contributed by atoms with Crippen LogP contribution in [-0.4, -0.2) is 19.9 Å². The van der Waals surface area contributed by atoms with Gasteiger partial charge in [-0.3, -0.25) is 4.98 Å². The zero-order valence-corrected chi connectivity index (χ0v) is 11.1. The lowest BCUT2D eigenvalue weighted by atomic mass is 10.3. The predicted octanol–water partition coefficient (Wildman–Crippen LogP) is 2.61. The predicted molar refractivity (Wildman–Crippen MR) is 73.4 cm³/mol. The summed E-state index contributed by atoms with van der Waals surface area (Å²) < 4.78 is 0. The molecule has 0 unspecified atom stereocenters. The Morgan fingerprint density at radius 3 is 2.78 bits per heavy atom. The normalized spacial score (nSPS) is 10.7. The summed E-state index contributed by atoms with van der Waals surface area (Å²) in [6.45, 7) is 1.81. The first-order valence-corrected chi connectivity index (χ1v) is 6.94. The largest absolute Gasteiger partial charge is 0.383 e. The van der Waals surface area contributed by atoms with Gasteiger partial charge in [0.25, 0.3) is 0 Å². The van der Waals surface area contributed by atoms with Crippen molar-refractivity contribution < 1.29 is 0 Å². The van der Waals surface area contributed by atoms with E-state index in [4.69, 9.17) is 5.73 Å². The molecule has 0 spiro atoms. The molecule has 0 amide bonds. The van der Waals surface area contributed by atoms with E-state index < -0.39 is 0 Å². The molecule has 90 valence electrons. The quantitative estimate of drug-likeness (QED) is 0.777. The number of hydrogen-bond donors (Lipinski definition) is 1. The average Bonchev–Trinajstić information content (AvgIpc) is 2.99. The minimum atomic E-state index is 0.465. The van der Waals surface area contributed by atoms with Crippen molar-refractivity contribution in [2.45, 2.75) is 6.92 Å². The number of nitrogens with zero attached hydrogens (tertiary/aromatic N) is 4. The Labute approximate surface area is 111 Å². The van der Waals surface area contributed by atoms with Crippen molar-refractivity contribution in [2.75, 3.05) is 5.73 Å². The average molecular weight is 275 g/mol. The van der Waals surface area contributed by atoms with Gasteiger partial charge in [0.05, 0.1) is 21.6 Å². The number of rotatable bonds is 2. The van der Waals surface area contributed by atoms with Crippen LogP contribution in [0.15, 0.2) is 23.3 Å². The lowest BCUT2D eigenvalue weighted by Crippen LogP contribution is -1.97. The molecule has 0 saturated heterocycles. The molecule has 0 bridgehead atoms. The monoisotopic (exact) mass is 275 g/mol. The van der Waals surface area contributed by atoms with E-state index in [9.17, 15) is 0 Å². The van der Waals surface area contributed by atoms with Crippen molar-refractivity contribution in [1.82, 2.24) is 19.9 Å². The van der Waals surface area contributed by atoms with Crippen LogP contribution in [0.4, 0.5) is 5.82 Å². The molecular formula is C11H9N5S2. The maximum absolute atomic E-state index is 5.89. The summed E-state index contributed by atoms with van der Waals surface area (Å²) in [5.41, 5.74) is 9.37. The first kappa shape index (κ1) is 11.2. The van der Waals surface area contributed by atoms with Crippen molar-refractivity contribution in [3.63, 3.8) is 0 Å². The van der Waals surface area contributed by atoms with Gasteiger partial charge in [0, 0.05) is 17.8 Å². The van der Waals surface area contributed by atoms with E-state index >= 15 is 0 Å². The fourth-order valence-electron chi connectivity index (χ4n) is 1.51. The number of aryl methyl sites for hydroxylation is 1. The molecule has 2 N–H and O–H groups in total. The van der Waals surface area contributed by atoms with Gasteiger partial charge < -0.3 is 5.73 Å². The van der Waals surface area contributed by atoms with Gasteiger partial charge in [-0.05, 0) is 6.92 Å². The molecule has 0 fully saturated rings. The Hall–Kier alpha value is -1.86. The summed E-state index contributed by atoms with van der Waals surface area (Å²) in [5, 5.41) is 2.82. The van der Waals surface area contributed by atoms with Gasteiger partial charge in [0.2, 0.25) is 0 Å². The zero-order chi connectivity index (χ0) is 12.5. The number of nitrogens with two attached hydrogens (primary N) is 1. The summed E-state index contributed by atoms with van der Waals surface area (Å²) in [7, 11) is 0. The lowest BCUT2D eigenvalue weighted by molar-refractivity contribution is 1.06. The molecule has 0 atom stereocenters. The standard InChI is InChI=1S/C11H9N5S2/c1-6-14-2-7(10(12)15-6)11-16-8(4-17-11)9-3-13-5-18-9/h2-5H,1H3,(H2,12,14,15). The molecule has 5 nitrogen and oxygen atoms in total. The minimum Gasteiger partial charge on any atom is -0.383 e. The SMILES string of the molecule is Cc1ncc(-c2nc(-c3cncs3)cs2)c(N)n1. The summed E-state index contributed by atoms with van der Waals surface area (Å²) in [5.74, 6) is 1.13. The maximum Gasteiger partial charge on any atom is 0.137 e. The number of thiazole rings is 2. The molecule has 0 aliphatic rings. The molecule has 0 saturated carbocycles. The van der Waals surface area contributed by atoms with E-state index in [0.717, 1.165) is 21.1 Å². The van der Waals surface area contributed by atoms with Crippen LogP contribution in [0.1, 0.15) is 5.82 Å². The molecule has 3 aromatic rings. The highest BCUT2D eigenvalue weighted by molar-refractivity contribution is 7.15. The summed E-state index contributed by atoms with van der Waals surface area (Å²) in [4.78, 5) is 17.9. The van der Waals surface area contributed by atoms with Crippen LogP contribution in [0.3, 0.4) is 0 Å². The molecule has 3 aromatic heterocycles. The van der Waals surface area contributed by atoms with Gasteiger partial charge in [-0.1, -0.05) is 0 Å². The third-order valence-electron chi connectivity index (χ3n) is 2.36. The van der Waals surface area contributed by atoms with E-state index in [0.29, 0.717) is 11.6 Å². The Balaban J connectivity index is 2.03. The first-order valence-electron chi connectivity index (χ1n) is 5.18. The second-order valence-corrected chi connectivity index (χ2v) is 5.36. The van der Waals surface area contributed by atoms with E-state index in [2.05, 4.69) is 19.9 Å². The first-order chi connectivity index (χ1) is 8.74. The molecule has 0 radical (unpaired) electrons. The van der Waals surface area contributed by atoms with Crippen LogP contribution >= 0.6 is 22.7 Å². The van der Waals surface area contributed by atoms with E-state index in [1.54, 1.807) is 29.2 Å². The van der Waals surface area contributed by atoms with Crippen molar-refractivity contribution in [2.24, 2.45) is 0 Å². The fraction of sp³-hybridized carbons (Fsp3) is 0.0909. The highest BCUT2D eigenvalue weighted by Crippen LogP contribution is 2.32. The van der Waals surface area contributed by atoms with Crippen LogP contribution in [-0.2, 0) is 0 Å². The molecule has 3 rings (SSSR count). The smallest absolute Gasteiger partial charge is 0.137 e. The second kappa shape index (κ2) is 4.43. The molecule has 0 aromatic carbocycles. The van der Waals surface area contributed by atoms with Crippen molar-refractivity contribution in [3.8, 4) is 21.1 Å². The number of anilines is 1. The third kappa shape index (κ3) is 1.98. The van der Waals surface area contributed by atoms with Gasteiger partial charge in [0.15, 0.2) is 0 Å². The Bertz CT molecular complexity index is 675. The highest BCUT2D eigenvalue weighted by Gasteiger charge is 2.11. The third-order valence-corrected chi connectivity index (χ3v) is 4.03. The van der Waals surface area contributed by atoms with E-state index in [-0.39, 0.29) is 0 Å². The van der Waals surface area contributed by atoms with Crippen molar-refractivity contribution in [1.29, 1.82) is 0 Å².